The number of carbonyl (C=O) groups excluding carboxylic acids is 4. The second-order valence-corrected chi connectivity index (χ2v) is 13.4. The predicted molar refractivity (Wildman–Crippen MR) is 171 cm³/mol. The van der Waals surface area contributed by atoms with Gasteiger partial charge in [0, 0.05) is 44.8 Å². The number of likely N-dealkylation sites (tertiary alicyclic amines) is 2. The summed E-state index contributed by atoms with van der Waals surface area (Å²) in [6.45, 7) is 2.03. The van der Waals surface area contributed by atoms with Crippen molar-refractivity contribution in [3.05, 3.63) is 89.7 Å². The predicted octanol–water partition coefficient (Wildman–Crippen LogP) is 3.01. The molecule has 0 radical (unpaired) electrons. The van der Waals surface area contributed by atoms with Gasteiger partial charge in [-0.2, -0.15) is 18.3 Å². The van der Waals surface area contributed by atoms with Crippen LogP contribution in [0.25, 0.3) is 0 Å². The number of alkyl halides is 3. The first-order valence-corrected chi connectivity index (χ1v) is 16.2. The van der Waals surface area contributed by atoms with Gasteiger partial charge in [-0.3, -0.25) is 23.9 Å². The molecule has 4 amide bonds. The van der Waals surface area contributed by atoms with Gasteiger partial charge in [-0.1, -0.05) is 60.7 Å². The normalized spacial score (nSPS) is 20.3. The highest BCUT2D eigenvalue weighted by molar-refractivity contribution is 5.96. The highest BCUT2D eigenvalue weighted by Crippen LogP contribution is 2.60. The molecule has 2 aliphatic heterocycles. The molecular weight excluding hydrogens is 641 g/mol. The fourth-order valence-corrected chi connectivity index (χ4v) is 6.93. The van der Waals surface area contributed by atoms with Crippen LogP contribution >= 0.6 is 0 Å². The van der Waals surface area contributed by atoms with Crippen molar-refractivity contribution in [2.45, 2.75) is 51.2 Å². The lowest BCUT2D eigenvalue weighted by atomic mass is 9.70. The minimum Gasteiger partial charge on any atom is -0.371 e. The number of carbonyl (C=O) groups is 4. The quantitative estimate of drug-likeness (QED) is 0.321. The van der Waals surface area contributed by atoms with E-state index in [4.69, 9.17) is 4.74 Å². The summed E-state index contributed by atoms with van der Waals surface area (Å²) in [6.07, 6.45) is -2.91. The third-order valence-electron chi connectivity index (χ3n) is 9.97. The molecule has 2 saturated heterocycles. The molecule has 3 aliphatic rings. The van der Waals surface area contributed by atoms with E-state index >= 15 is 0 Å². The first-order valence-electron chi connectivity index (χ1n) is 16.2. The number of benzene rings is 2. The second-order valence-electron chi connectivity index (χ2n) is 13.4. The molecule has 1 saturated carbocycles. The van der Waals surface area contributed by atoms with Crippen LogP contribution < -0.4 is 10.6 Å². The van der Waals surface area contributed by atoms with Gasteiger partial charge in [0.1, 0.15) is 11.5 Å². The number of nitrogens with one attached hydrogen (secondary N) is 2. The Hall–Kier alpha value is -4.72. The summed E-state index contributed by atoms with van der Waals surface area (Å²) >= 11 is 0. The van der Waals surface area contributed by atoms with E-state index in [2.05, 4.69) is 15.7 Å². The molecule has 6 rings (SSSR count). The maximum Gasteiger partial charge on any atom is 0.403 e. The molecule has 2 N–H and O–H groups in total. The monoisotopic (exact) mass is 680 g/mol. The van der Waals surface area contributed by atoms with Crippen molar-refractivity contribution in [2.24, 2.45) is 16.7 Å². The van der Waals surface area contributed by atoms with Crippen LogP contribution in [-0.2, 0) is 32.3 Å². The SMILES string of the molecule is CNC(=O)[C@@H](NC(=O)[C@@H]1CN(C(=O)c2cnn(Cc3ccccc3)c2)CC12CN(C(=O)C1(C(F)(F)F)CC1)C2)[C@@H](C)OCc1ccccc1. The van der Waals surface area contributed by atoms with Crippen LogP contribution in [-0.4, -0.2) is 94.8 Å². The number of amides is 4. The first kappa shape index (κ1) is 34.2. The molecule has 1 aliphatic carbocycles. The van der Waals surface area contributed by atoms with Crippen molar-refractivity contribution in [3.8, 4) is 0 Å². The Morgan fingerprint density at radius 1 is 0.959 bits per heavy atom. The zero-order valence-corrected chi connectivity index (χ0v) is 27.3. The summed E-state index contributed by atoms with van der Waals surface area (Å²) in [5.74, 6) is -3.35. The molecule has 3 fully saturated rings. The van der Waals surface area contributed by atoms with Crippen LogP contribution in [0.15, 0.2) is 73.1 Å². The zero-order chi connectivity index (χ0) is 35.0. The van der Waals surface area contributed by atoms with Crippen LogP contribution in [0.3, 0.4) is 0 Å². The average molecular weight is 681 g/mol. The second kappa shape index (κ2) is 13.3. The number of hydrogen-bond donors (Lipinski definition) is 2. The van der Waals surface area contributed by atoms with Crippen molar-refractivity contribution >= 4 is 23.6 Å². The Labute approximate surface area is 281 Å². The van der Waals surface area contributed by atoms with Crippen molar-refractivity contribution < 1.29 is 37.1 Å². The highest BCUT2D eigenvalue weighted by Gasteiger charge is 2.71. The maximum absolute atomic E-state index is 14.0. The molecule has 3 aromatic rings. The molecule has 260 valence electrons. The van der Waals surface area contributed by atoms with Gasteiger partial charge in [0.25, 0.3) is 5.91 Å². The molecular formula is C35H39F3N6O5. The van der Waals surface area contributed by atoms with Gasteiger partial charge in [-0.15, -0.1) is 0 Å². The number of aromatic nitrogens is 2. The van der Waals surface area contributed by atoms with Gasteiger partial charge in [0.05, 0.1) is 36.9 Å². The Morgan fingerprint density at radius 3 is 2.16 bits per heavy atom. The molecule has 14 heteroatoms. The molecule has 11 nitrogen and oxygen atoms in total. The third-order valence-corrected chi connectivity index (χ3v) is 9.97. The van der Waals surface area contributed by atoms with Crippen molar-refractivity contribution in [1.29, 1.82) is 0 Å². The molecule has 2 aromatic carbocycles. The Kier molecular flexibility index (Phi) is 9.27. The van der Waals surface area contributed by atoms with E-state index in [1.807, 2.05) is 60.7 Å². The standard InChI is InChI=1S/C35H39F3N6O5/c1-23(49-19-25-11-7-4-8-12-25)28(30(46)39-2)41-29(45)27-18-42(31(47)26-15-40-44(17-26)16-24-9-5-3-6-10-24)20-33(27)21-43(22-33)32(48)34(13-14-34)35(36,37)38/h3-12,15,17,23,27-28H,13-14,16,18-22H2,1-2H3,(H,39,46)(H,41,45)/t23-,27+,28+/m1/s1. The summed E-state index contributed by atoms with van der Waals surface area (Å²) in [5.41, 5.74) is -1.23. The van der Waals surface area contributed by atoms with E-state index in [1.54, 1.807) is 17.8 Å². The van der Waals surface area contributed by atoms with Gasteiger partial charge in [-0.25, -0.2) is 0 Å². The lowest BCUT2D eigenvalue weighted by Gasteiger charge is -2.51. The largest absolute Gasteiger partial charge is 0.403 e. The topological polar surface area (TPSA) is 126 Å². The molecule has 49 heavy (non-hydrogen) atoms. The van der Waals surface area contributed by atoms with Crippen molar-refractivity contribution in [3.63, 3.8) is 0 Å². The van der Waals surface area contributed by atoms with E-state index in [-0.39, 0.29) is 45.6 Å². The van der Waals surface area contributed by atoms with E-state index in [1.165, 1.54) is 18.1 Å². The van der Waals surface area contributed by atoms with Crippen LogP contribution in [0, 0.1) is 16.7 Å². The number of rotatable bonds is 11. The van der Waals surface area contributed by atoms with Gasteiger partial charge in [0.2, 0.25) is 17.7 Å². The summed E-state index contributed by atoms with van der Waals surface area (Å²) in [4.78, 5) is 56.5. The molecule has 0 unspecified atom stereocenters. The van der Waals surface area contributed by atoms with Gasteiger partial charge < -0.3 is 25.2 Å². The summed E-state index contributed by atoms with van der Waals surface area (Å²) in [7, 11) is 1.44. The number of halogens is 3. The number of nitrogens with zero attached hydrogens (tertiary/aromatic N) is 4. The van der Waals surface area contributed by atoms with Crippen LogP contribution in [0.1, 0.15) is 41.3 Å². The molecule has 3 atom stereocenters. The van der Waals surface area contributed by atoms with Crippen molar-refractivity contribution in [2.75, 3.05) is 33.2 Å². The van der Waals surface area contributed by atoms with E-state index in [0.717, 1.165) is 16.0 Å². The summed E-state index contributed by atoms with van der Waals surface area (Å²) < 4.78 is 49.0. The summed E-state index contributed by atoms with van der Waals surface area (Å²) in [5, 5.41) is 9.67. The van der Waals surface area contributed by atoms with E-state index < -0.39 is 58.7 Å². The fraction of sp³-hybridized carbons (Fsp3) is 0.457. The number of hydrogen-bond acceptors (Lipinski definition) is 6. The highest BCUT2D eigenvalue weighted by atomic mass is 19.4. The van der Waals surface area contributed by atoms with Crippen LogP contribution in [0.5, 0.6) is 0 Å². The smallest absolute Gasteiger partial charge is 0.371 e. The molecule has 3 heterocycles. The first-order chi connectivity index (χ1) is 23.4. The zero-order valence-electron chi connectivity index (χ0n) is 27.3. The Bertz CT molecular complexity index is 1690. The van der Waals surface area contributed by atoms with Crippen LogP contribution in [0.4, 0.5) is 13.2 Å². The molecule has 1 aromatic heterocycles. The minimum absolute atomic E-state index is 0.0429. The summed E-state index contributed by atoms with van der Waals surface area (Å²) in [6, 6.07) is 17.8. The number of ether oxygens (including phenoxy) is 1. The van der Waals surface area contributed by atoms with E-state index in [9.17, 15) is 32.3 Å². The Balaban J connectivity index is 1.20. The minimum atomic E-state index is -4.67. The number of likely N-dealkylation sites (N-methyl/N-ethyl adjacent to an activating group) is 1. The maximum atomic E-state index is 14.0. The Morgan fingerprint density at radius 2 is 1.57 bits per heavy atom. The van der Waals surface area contributed by atoms with Gasteiger partial charge in [-0.05, 0) is 30.9 Å². The van der Waals surface area contributed by atoms with Gasteiger partial charge in [0.15, 0.2) is 0 Å². The molecule has 1 spiro atoms. The van der Waals surface area contributed by atoms with Crippen LogP contribution in [0.2, 0.25) is 0 Å². The van der Waals surface area contributed by atoms with Crippen molar-refractivity contribution in [1.82, 2.24) is 30.2 Å². The van der Waals surface area contributed by atoms with E-state index in [0.29, 0.717) is 12.1 Å². The molecule has 0 bridgehead atoms. The lowest BCUT2D eigenvalue weighted by molar-refractivity contribution is -0.205. The third kappa shape index (κ3) is 6.78. The average Bonchev–Trinajstić information content (AvgIpc) is 3.63. The lowest BCUT2D eigenvalue weighted by Crippen LogP contribution is -2.66. The van der Waals surface area contributed by atoms with Gasteiger partial charge >= 0.3 is 6.18 Å². The fourth-order valence-electron chi connectivity index (χ4n) is 6.93.